The van der Waals surface area contributed by atoms with E-state index in [1.807, 2.05) is 20.8 Å². The van der Waals surface area contributed by atoms with E-state index >= 15 is 0 Å². The highest BCUT2D eigenvalue weighted by molar-refractivity contribution is 6.20. The van der Waals surface area contributed by atoms with E-state index in [0.29, 0.717) is 31.0 Å². The first-order valence-corrected chi connectivity index (χ1v) is 18.0. The number of ether oxygens (including phenoxy) is 3. The average Bonchev–Trinajstić information content (AvgIpc) is 3.12. The zero-order valence-electron chi connectivity index (χ0n) is 27.7. The lowest BCUT2D eigenvalue weighted by Gasteiger charge is -2.55. The second-order valence-corrected chi connectivity index (χ2v) is 16.2. The smallest absolute Gasteiger partial charge is 0.183 e. The maximum absolute atomic E-state index is 12.0. The zero-order chi connectivity index (χ0) is 30.8. The quantitative estimate of drug-likeness (QED) is 0.203. The molecule has 1 saturated heterocycles. The van der Waals surface area contributed by atoms with Gasteiger partial charge in [-0.1, -0.05) is 13.8 Å². The molecule has 3 heterocycles. The Labute approximate surface area is 266 Å². The highest BCUT2D eigenvalue weighted by Gasteiger charge is 2.52. The Morgan fingerprint density at radius 2 is 1.93 bits per heavy atom. The van der Waals surface area contributed by atoms with Crippen LogP contribution in [0.3, 0.4) is 0 Å². The number of hydrogen-bond donors (Lipinski definition) is 3. The topological polar surface area (TPSA) is 83.4 Å². The first kappa shape index (κ1) is 33.9. The summed E-state index contributed by atoms with van der Waals surface area (Å²) in [4.78, 5) is 2.62. The predicted molar refractivity (Wildman–Crippen MR) is 172 cm³/mol. The summed E-state index contributed by atoms with van der Waals surface area (Å²) in [5.41, 5.74) is 1.45. The van der Waals surface area contributed by atoms with Gasteiger partial charge in [-0.25, -0.2) is 0 Å². The normalized spacial score (nSPS) is 38.0. The molecule has 3 fully saturated rings. The van der Waals surface area contributed by atoms with Crippen LogP contribution in [0.25, 0.3) is 0 Å². The van der Waals surface area contributed by atoms with Crippen LogP contribution in [0.2, 0.25) is 0 Å². The summed E-state index contributed by atoms with van der Waals surface area (Å²) in [7, 11) is 0. The van der Waals surface area contributed by atoms with Crippen LogP contribution in [-0.2, 0) is 14.2 Å². The number of allylic oxidation sites excluding steroid dienone is 1. The average molecular weight is 625 g/mol. The Kier molecular flexibility index (Phi) is 11.2. The first-order valence-electron chi connectivity index (χ1n) is 17.6. The Bertz CT molecular complexity index is 951. The molecule has 0 bridgehead atoms. The standard InChI is InChI=1S/C35H61ClN2O5/c1-6-41-32(39)34(4,5)43-26-15-16-31-29(21-26)27(28-9-7-18-37-30(28)22-42-31)10-8-19-38-20-17-35(40,33(2,3)23-38)24-11-13-25(36)14-12-24/h24-27,29,31-32,37,39-40H,6-23H2,1-5H3. The van der Waals surface area contributed by atoms with Crippen molar-refractivity contribution in [2.75, 3.05) is 39.4 Å². The van der Waals surface area contributed by atoms with Crippen LogP contribution in [0.1, 0.15) is 112 Å². The fraction of sp³-hybridized carbons (Fsp3) is 0.943. The number of likely N-dealkylation sites (tertiary alicyclic amines) is 1. The molecule has 6 atom stereocenters. The number of aliphatic hydroxyl groups is 2. The third kappa shape index (κ3) is 7.60. The molecule has 0 aromatic heterocycles. The molecule has 0 spiro atoms. The van der Waals surface area contributed by atoms with Crippen LogP contribution < -0.4 is 5.32 Å². The summed E-state index contributed by atoms with van der Waals surface area (Å²) in [5.74, 6) is 1.28. The molecular weight excluding hydrogens is 564 g/mol. The van der Waals surface area contributed by atoms with Crippen LogP contribution in [0.5, 0.6) is 0 Å². The van der Waals surface area contributed by atoms with Crippen molar-refractivity contribution in [2.24, 2.45) is 23.2 Å². The van der Waals surface area contributed by atoms with Gasteiger partial charge in [-0.15, -0.1) is 11.6 Å². The van der Waals surface area contributed by atoms with Gasteiger partial charge in [0.25, 0.3) is 0 Å². The molecule has 2 aliphatic carbocycles. The number of nitrogens with one attached hydrogen (secondary N) is 1. The second-order valence-electron chi connectivity index (χ2n) is 15.5. The number of piperidine rings is 1. The van der Waals surface area contributed by atoms with Crippen LogP contribution in [-0.4, -0.2) is 89.6 Å². The van der Waals surface area contributed by atoms with E-state index in [4.69, 9.17) is 25.8 Å². The van der Waals surface area contributed by atoms with Crippen LogP contribution >= 0.6 is 11.6 Å². The molecule has 3 aliphatic heterocycles. The lowest BCUT2D eigenvalue weighted by molar-refractivity contribution is -0.240. The number of halogens is 1. The molecule has 248 valence electrons. The summed E-state index contributed by atoms with van der Waals surface area (Å²) in [5, 5.41) is 26.5. The molecule has 6 unspecified atom stereocenters. The van der Waals surface area contributed by atoms with Crippen molar-refractivity contribution in [2.45, 2.75) is 147 Å². The largest absolute Gasteiger partial charge is 0.389 e. The number of rotatable bonds is 10. The van der Waals surface area contributed by atoms with Crippen molar-refractivity contribution in [3.05, 3.63) is 11.3 Å². The van der Waals surface area contributed by atoms with Gasteiger partial charge in [0.1, 0.15) is 5.60 Å². The number of hydrogen-bond acceptors (Lipinski definition) is 7. The molecule has 3 N–H and O–H groups in total. The van der Waals surface area contributed by atoms with E-state index in [9.17, 15) is 10.2 Å². The Morgan fingerprint density at radius 1 is 1.16 bits per heavy atom. The molecule has 43 heavy (non-hydrogen) atoms. The highest BCUT2D eigenvalue weighted by Crippen LogP contribution is 2.49. The monoisotopic (exact) mass is 624 g/mol. The Morgan fingerprint density at radius 3 is 2.65 bits per heavy atom. The minimum Gasteiger partial charge on any atom is -0.389 e. The summed E-state index contributed by atoms with van der Waals surface area (Å²) < 4.78 is 18.7. The number of alkyl halides is 1. The van der Waals surface area contributed by atoms with Gasteiger partial charge in [0.2, 0.25) is 0 Å². The van der Waals surface area contributed by atoms with Gasteiger partial charge in [-0.05, 0) is 128 Å². The van der Waals surface area contributed by atoms with E-state index in [-0.39, 0.29) is 23.0 Å². The molecule has 0 amide bonds. The SMILES string of the molecule is CCOC(O)C(C)(C)OC1CCC2OCC3=C(CCCN3)C(CCCN3CCC(O)(C4CCC(Cl)CC4)C(C)(C)C3)C2C1. The molecule has 0 aromatic carbocycles. The number of fused-ring (bicyclic) bond motifs is 1. The Balaban J connectivity index is 1.23. The van der Waals surface area contributed by atoms with Crippen LogP contribution in [0, 0.1) is 23.2 Å². The van der Waals surface area contributed by atoms with Crippen molar-refractivity contribution in [1.82, 2.24) is 10.2 Å². The molecular formula is C35H61ClN2O5. The summed E-state index contributed by atoms with van der Waals surface area (Å²) >= 11 is 6.41. The minimum atomic E-state index is -0.935. The van der Waals surface area contributed by atoms with Gasteiger partial charge < -0.3 is 34.6 Å². The van der Waals surface area contributed by atoms with E-state index in [0.717, 1.165) is 96.8 Å². The van der Waals surface area contributed by atoms with Gasteiger partial charge in [0.15, 0.2) is 6.29 Å². The lowest BCUT2D eigenvalue weighted by Crippen LogP contribution is -2.61. The summed E-state index contributed by atoms with van der Waals surface area (Å²) in [6.07, 6.45) is 12.0. The van der Waals surface area contributed by atoms with Crippen molar-refractivity contribution in [3.8, 4) is 0 Å². The molecule has 8 heteroatoms. The molecule has 2 saturated carbocycles. The second kappa shape index (κ2) is 14.1. The minimum absolute atomic E-state index is 0.0885. The van der Waals surface area contributed by atoms with Gasteiger partial charge in [0.05, 0.1) is 24.4 Å². The fourth-order valence-corrected chi connectivity index (χ4v) is 9.60. The predicted octanol–water partition coefficient (Wildman–Crippen LogP) is 6.00. The molecule has 5 aliphatic rings. The molecule has 5 rings (SSSR count). The van der Waals surface area contributed by atoms with Crippen molar-refractivity contribution in [1.29, 1.82) is 0 Å². The van der Waals surface area contributed by atoms with Crippen LogP contribution in [0.15, 0.2) is 11.3 Å². The summed E-state index contributed by atoms with van der Waals surface area (Å²) in [6, 6.07) is 0. The van der Waals surface area contributed by atoms with Crippen molar-refractivity contribution >= 4 is 11.6 Å². The maximum Gasteiger partial charge on any atom is 0.183 e. The third-order valence-electron chi connectivity index (χ3n) is 11.9. The van der Waals surface area contributed by atoms with Gasteiger partial charge in [-0.2, -0.15) is 0 Å². The van der Waals surface area contributed by atoms with Crippen LogP contribution in [0.4, 0.5) is 0 Å². The number of nitrogens with zero attached hydrogens (tertiary/aromatic N) is 1. The number of aliphatic hydroxyl groups excluding tert-OH is 1. The van der Waals surface area contributed by atoms with Crippen molar-refractivity contribution < 1.29 is 24.4 Å². The third-order valence-corrected chi connectivity index (χ3v) is 12.3. The molecule has 7 nitrogen and oxygen atoms in total. The van der Waals surface area contributed by atoms with Crippen molar-refractivity contribution in [3.63, 3.8) is 0 Å². The summed E-state index contributed by atoms with van der Waals surface area (Å²) in [6.45, 7) is 15.6. The highest BCUT2D eigenvalue weighted by atomic mass is 35.5. The zero-order valence-corrected chi connectivity index (χ0v) is 28.5. The fourth-order valence-electron chi connectivity index (χ4n) is 9.35. The van der Waals surface area contributed by atoms with E-state index < -0.39 is 17.5 Å². The van der Waals surface area contributed by atoms with E-state index in [2.05, 4.69) is 24.1 Å². The van der Waals surface area contributed by atoms with Gasteiger partial charge in [0, 0.05) is 42.7 Å². The molecule has 0 radical (unpaired) electrons. The van der Waals surface area contributed by atoms with Gasteiger partial charge >= 0.3 is 0 Å². The molecule has 0 aromatic rings. The van der Waals surface area contributed by atoms with Gasteiger partial charge in [-0.3, -0.25) is 0 Å². The van der Waals surface area contributed by atoms with E-state index in [1.54, 1.807) is 5.57 Å². The first-order chi connectivity index (χ1) is 20.4. The maximum atomic E-state index is 12.0. The lowest BCUT2D eigenvalue weighted by atomic mass is 9.60. The van der Waals surface area contributed by atoms with E-state index in [1.165, 1.54) is 12.1 Å². The Hall–Kier alpha value is -0.410.